The molecule has 2 heterocycles. The van der Waals surface area contributed by atoms with Gasteiger partial charge in [0.1, 0.15) is 17.4 Å². The molecule has 0 N–H and O–H groups in total. The Kier molecular flexibility index (Phi) is 10.1. The van der Waals surface area contributed by atoms with Gasteiger partial charge in [-0.05, 0) is 67.6 Å². The first kappa shape index (κ1) is 30.3. The molecule has 9 heteroatoms. The maximum Gasteiger partial charge on any atom is 1.00 e. The number of carbonyl (C=O) groups is 2. The Labute approximate surface area is 244 Å². The fourth-order valence-electron chi connectivity index (χ4n) is 4.57. The number of hydrogen-bond acceptors (Lipinski definition) is 7. The molecule has 198 valence electrons. The van der Waals surface area contributed by atoms with Crippen molar-refractivity contribution in [2.45, 2.75) is 90.9 Å². The number of aryl methyl sites for hydroxylation is 2. The molecule has 0 aliphatic heterocycles. The number of carbonyl (C=O) groups excluding carboxylic acids is 2. The maximum atomic E-state index is 14.3. The topological polar surface area (TPSA) is 109 Å². The van der Waals surface area contributed by atoms with Crippen molar-refractivity contribution in [1.82, 2.24) is 10.3 Å². The number of carboxylic acid groups (broad SMARTS) is 1. The third-order valence-corrected chi connectivity index (χ3v) is 6.81. The van der Waals surface area contributed by atoms with E-state index in [1.807, 2.05) is 6.07 Å². The second-order valence-corrected chi connectivity index (χ2v) is 11.4. The number of rotatable bonds is 12. The molecule has 0 unspecified atom stereocenters. The zero-order valence-electron chi connectivity index (χ0n) is 22.9. The second-order valence-electron chi connectivity index (χ2n) is 11.4. The number of nitrogens with zero attached hydrogens (tertiary/aromatic N) is 2. The molecule has 1 saturated carbocycles. The van der Waals surface area contributed by atoms with E-state index in [-0.39, 0.29) is 72.4 Å². The van der Waals surface area contributed by atoms with Crippen molar-refractivity contribution in [2.75, 3.05) is 0 Å². The van der Waals surface area contributed by atoms with Gasteiger partial charge in [0.25, 0.3) is 0 Å². The van der Waals surface area contributed by atoms with Crippen LogP contribution >= 0.6 is 0 Å². The minimum absolute atomic E-state index is 0. The van der Waals surface area contributed by atoms with Gasteiger partial charge in [-0.3, -0.25) is 4.79 Å². The molecule has 3 aromatic rings. The van der Waals surface area contributed by atoms with E-state index in [4.69, 9.17) is 9.05 Å². The van der Waals surface area contributed by atoms with Crippen LogP contribution in [0.25, 0.3) is 11.5 Å². The quantitative estimate of drug-likeness (QED) is 0.330. The zero-order valence-corrected chi connectivity index (χ0v) is 24.9. The summed E-state index contributed by atoms with van der Waals surface area (Å²) in [6, 6.07) is 6.65. The van der Waals surface area contributed by atoms with Crippen LogP contribution in [0.2, 0.25) is 0 Å². The van der Waals surface area contributed by atoms with Crippen LogP contribution in [0, 0.1) is 18.2 Å². The van der Waals surface area contributed by atoms with Gasteiger partial charge in [0.15, 0.2) is 11.5 Å². The molecule has 0 saturated heterocycles. The fourth-order valence-corrected chi connectivity index (χ4v) is 4.57. The van der Waals surface area contributed by atoms with E-state index in [9.17, 15) is 19.1 Å². The van der Waals surface area contributed by atoms with E-state index in [0.29, 0.717) is 22.7 Å². The molecule has 1 aromatic carbocycles. The summed E-state index contributed by atoms with van der Waals surface area (Å²) in [5.74, 6) is -0.815. The summed E-state index contributed by atoms with van der Waals surface area (Å²) in [7, 11) is 0. The van der Waals surface area contributed by atoms with Crippen molar-refractivity contribution in [3.63, 3.8) is 0 Å². The predicted octanol–water partition coefficient (Wildman–Crippen LogP) is 2.45. The number of halogens is 1. The van der Waals surface area contributed by atoms with Gasteiger partial charge >= 0.3 is 29.6 Å². The minimum Gasteiger partial charge on any atom is -0.550 e. The van der Waals surface area contributed by atoms with Crippen LogP contribution in [0.15, 0.2) is 33.3 Å². The third-order valence-electron chi connectivity index (χ3n) is 6.81. The number of hydrogen-bond donors (Lipinski definition) is 0. The molecule has 1 atom stereocenters. The van der Waals surface area contributed by atoms with Gasteiger partial charge in [0, 0.05) is 42.8 Å². The summed E-state index contributed by atoms with van der Waals surface area (Å²) in [6.07, 6.45) is 3.50. The molecular weight excluding hydrogens is 498 g/mol. The molecule has 2 aromatic heterocycles. The molecule has 0 amide bonds. The number of ketones is 1. The van der Waals surface area contributed by atoms with E-state index in [2.05, 4.69) is 31.1 Å². The van der Waals surface area contributed by atoms with Gasteiger partial charge in [-0.25, -0.2) is 4.39 Å². The van der Waals surface area contributed by atoms with Gasteiger partial charge in [-0.15, -0.1) is 0 Å². The van der Waals surface area contributed by atoms with Crippen molar-refractivity contribution in [3.05, 3.63) is 58.2 Å². The Morgan fingerprint density at radius 1 is 1.16 bits per heavy atom. The average Bonchev–Trinajstić information content (AvgIpc) is 3.37. The van der Waals surface area contributed by atoms with Crippen LogP contribution in [-0.2, 0) is 22.4 Å². The van der Waals surface area contributed by atoms with Gasteiger partial charge in [-0.2, -0.15) is 0 Å². The first-order valence-electron chi connectivity index (χ1n) is 12.9. The second kappa shape index (κ2) is 12.7. The van der Waals surface area contributed by atoms with Gasteiger partial charge in [0.2, 0.25) is 0 Å². The molecule has 38 heavy (non-hydrogen) atoms. The van der Waals surface area contributed by atoms with E-state index in [0.717, 1.165) is 42.6 Å². The van der Waals surface area contributed by atoms with Crippen LogP contribution in [0.1, 0.15) is 99.3 Å². The summed E-state index contributed by atoms with van der Waals surface area (Å²) in [5.41, 5.74) is 3.26. The smallest absolute Gasteiger partial charge is 0.550 e. The molecule has 0 bridgehead atoms. The minimum atomic E-state index is -1.20. The monoisotopic (exact) mass is 532 g/mol. The van der Waals surface area contributed by atoms with Crippen molar-refractivity contribution in [3.8, 4) is 11.5 Å². The Morgan fingerprint density at radius 3 is 2.53 bits per heavy atom. The van der Waals surface area contributed by atoms with Crippen LogP contribution < -0.4 is 34.7 Å². The Morgan fingerprint density at radius 2 is 1.89 bits per heavy atom. The van der Waals surface area contributed by atoms with Crippen LogP contribution in [0.3, 0.4) is 0 Å². The van der Waals surface area contributed by atoms with Gasteiger partial charge < -0.3 is 18.9 Å². The van der Waals surface area contributed by atoms with Gasteiger partial charge in [-0.1, -0.05) is 43.2 Å². The normalized spacial score (nSPS) is 14.2. The number of benzene rings is 1. The predicted molar refractivity (Wildman–Crippen MR) is 133 cm³/mol. The summed E-state index contributed by atoms with van der Waals surface area (Å²) in [6.45, 7) is 8.28. The van der Waals surface area contributed by atoms with Gasteiger partial charge in [0.05, 0.1) is 5.69 Å². The van der Waals surface area contributed by atoms with Crippen molar-refractivity contribution in [2.24, 2.45) is 5.41 Å². The first-order chi connectivity index (χ1) is 17.5. The molecular formula is C29H34FN2NaO5. The van der Waals surface area contributed by atoms with E-state index in [1.54, 1.807) is 19.1 Å². The van der Waals surface area contributed by atoms with Crippen molar-refractivity contribution < 1.29 is 57.7 Å². The van der Waals surface area contributed by atoms with E-state index in [1.165, 1.54) is 6.07 Å². The maximum absolute atomic E-state index is 14.3. The number of carboxylic acids is 1. The molecule has 4 rings (SSSR count). The summed E-state index contributed by atoms with van der Waals surface area (Å²) in [4.78, 5) is 24.3. The number of aliphatic carboxylic acids is 1. The largest absolute Gasteiger partial charge is 1.00 e. The third kappa shape index (κ3) is 8.10. The standard InChI is InChI=1S/C29H35FN2O5.Na/c1-17-5-6-19(23(30)13-17)14-21(33)15-20(9-10-25(34)35)27-26(18-7-8-18)28(37-32-27)24-16-22(36-31-24)11-12-29(2,3)4;/h5-6,13,16,18,20H,7-12,14-15H2,1-4H3,(H,34,35);/q;+1/p-1/t20-;/m0./s1. The molecule has 1 fully saturated rings. The SMILES string of the molecule is Cc1ccc(CC(=O)C[C@H](CCC(=O)[O-])c2noc(-c3cc(CCC(C)(C)C)on3)c2C2CC2)c(F)c1.[Na+]. The Bertz CT molecular complexity index is 1270. The summed E-state index contributed by atoms with van der Waals surface area (Å²) < 4.78 is 25.6. The van der Waals surface area contributed by atoms with Crippen LogP contribution in [-0.4, -0.2) is 22.1 Å². The first-order valence-corrected chi connectivity index (χ1v) is 12.9. The van der Waals surface area contributed by atoms with Crippen LogP contribution in [0.5, 0.6) is 0 Å². The van der Waals surface area contributed by atoms with E-state index >= 15 is 0 Å². The van der Waals surface area contributed by atoms with Crippen molar-refractivity contribution >= 4 is 11.8 Å². The Balaban J connectivity index is 0.00000400. The molecule has 7 nitrogen and oxygen atoms in total. The zero-order chi connectivity index (χ0) is 26.7. The summed E-state index contributed by atoms with van der Waals surface area (Å²) in [5, 5.41) is 19.8. The Hall–Kier alpha value is -2.29. The van der Waals surface area contributed by atoms with Crippen LogP contribution in [0.4, 0.5) is 4.39 Å². The molecule has 1 aliphatic carbocycles. The molecule has 0 radical (unpaired) electrons. The summed E-state index contributed by atoms with van der Waals surface area (Å²) >= 11 is 0. The molecule has 1 aliphatic rings. The fraction of sp³-hybridized carbons (Fsp3) is 0.517. The average molecular weight is 533 g/mol. The number of Topliss-reactive ketones (excluding diaryl/α,β-unsaturated/α-hetero) is 1. The molecule has 0 spiro atoms. The van der Waals surface area contributed by atoms with E-state index < -0.39 is 17.7 Å². The van der Waals surface area contributed by atoms with Crippen molar-refractivity contribution in [1.29, 1.82) is 0 Å². The number of aromatic nitrogens is 2.